The zero-order chi connectivity index (χ0) is 25.2. The summed E-state index contributed by atoms with van der Waals surface area (Å²) in [5, 5.41) is 14.3. The average Bonchev–Trinajstić information content (AvgIpc) is 3.30. The van der Waals surface area contributed by atoms with E-state index in [0.29, 0.717) is 29.0 Å². The summed E-state index contributed by atoms with van der Waals surface area (Å²) >= 11 is 0. The van der Waals surface area contributed by atoms with E-state index in [4.69, 9.17) is 5.26 Å². The van der Waals surface area contributed by atoms with Crippen molar-refractivity contribution >= 4 is 34.2 Å². The molecule has 1 heterocycles. The molecule has 2 amide bonds. The molecule has 0 bridgehead atoms. The minimum atomic E-state index is -4.62. The molecule has 0 spiro atoms. The second-order valence-electron chi connectivity index (χ2n) is 7.65. The van der Waals surface area contributed by atoms with Gasteiger partial charge in [0, 0.05) is 5.92 Å². The molecule has 3 aromatic rings. The van der Waals surface area contributed by atoms with Crippen LogP contribution in [0.15, 0.2) is 88.9 Å². The smallest absolute Gasteiger partial charge is 0.246 e. The molecule has 1 N–H and O–H groups in total. The average molecular weight is 535 g/mol. The second kappa shape index (κ2) is 10.4. The molecule has 0 aromatic heterocycles. The standard InChI is InChI=1S/C24H17F3N4O3S.ClH/c25-24(26,27)19-10-12-20(13-11-19)35(33,34)30-23(32)31-15-21(17-4-2-1-3-5-17)22(29-31)18-8-6-16(14-28)7-9-18;/h1-13,21H,15H2,(H,30,32);1H/t21-;/m1./s1. The van der Waals surface area contributed by atoms with E-state index in [1.54, 1.807) is 24.3 Å². The van der Waals surface area contributed by atoms with E-state index in [1.165, 1.54) is 0 Å². The Hall–Kier alpha value is -3.88. The van der Waals surface area contributed by atoms with E-state index >= 15 is 0 Å². The molecule has 12 heteroatoms. The summed E-state index contributed by atoms with van der Waals surface area (Å²) in [6.07, 6.45) is -4.62. The highest BCUT2D eigenvalue weighted by atomic mass is 35.5. The molecule has 4 rings (SSSR count). The normalized spacial score (nSPS) is 15.4. The Balaban J connectivity index is 0.00000361. The Morgan fingerprint density at radius 3 is 2.17 bits per heavy atom. The molecule has 0 unspecified atom stereocenters. The van der Waals surface area contributed by atoms with Gasteiger partial charge in [0.1, 0.15) is 0 Å². The number of hydrazone groups is 1. The molecular weight excluding hydrogens is 517 g/mol. The first-order valence-corrected chi connectivity index (χ1v) is 11.7. The number of hydrogen-bond acceptors (Lipinski definition) is 5. The number of carbonyl (C=O) groups excluding carboxylic acids is 1. The highest BCUT2D eigenvalue weighted by Gasteiger charge is 2.34. The lowest BCUT2D eigenvalue weighted by molar-refractivity contribution is -0.137. The van der Waals surface area contributed by atoms with Crippen molar-refractivity contribution in [2.75, 3.05) is 6.54 Å². The number of carbonyl (C=O) groups is 1. The van der Waals surface area contributed by atoms with E-state index < -0.39 is 32.7 Å². The third-order valence-corrected chi connectivity index (χ3v) is 6.71. The monoisotopic (exact) mass is 534 g/mol. The quantitative estimate of drug-likeness (QED) is 0.514. The molecule has 0 radical (unpaired) electrons. The molecule has 7 nitrogen and oxygen atoms in total. The van der Waals surface area contributed by atoms with Crippen molar-refractivity contribution < 1.29 is 26.4 Å². The van der Waals surface area contributed by atoms with Crippen molar-refractivity contribution in [2.24, 2.45) is 5.10 Å². The van der Waals surface area contributed by atoms with Crippen LogP contribution in [0.3, 0.4) is 0 Å². The number of nitrogens with one attached hydrogen (secondary N) is 1. The first-order valence-electron chi connectivity index (χ1n) is 10.2. The van der Waals surface area contributed by atoms with Crippen molar-refractivity contribution in [3.8, 4) is 6.07 Å². The van der Waals surface area contributed by atoms with E-state index in [-0.39, 0.29) is 24.9 Å². The Kier molecular flexibility index (Phi) is 7.71. The van der Waals surface area contributed by atoms with Crippen molar-refractivity contribution in [2.45, 2.75) is 17.0 Å². The maximum Gasteiger partial charge on any atom is 0.416 e. The fraction of sp³-hybridized carbons (Fsp3) is 0.125. The van der Waals surface area contributed by atoms with Gasteiger partial charge in [-0.05, 0) is 47.5 Å². The van der Waals surface area contributed by atoms with Crippen molar-refractivity contribution in [3.63, 3.8) is 0 Å². The lowest BCUT2D eigenvalue weighted by Gasteiger charge is -2.16. The summed E-state index contributed by atoms with van der Waals surface area (Å²) in [6, 6.07) is 19.6. The van der Waals surface area contributed by atoms with Gasteiger partial charge in [-0.2, -0.15) is 23.5 Å². The van der Waals surface area contributed by atoms with Gasteiger partial charge in [0.15, 0.2) is 0 Å². The van der Waals surface area contributed by atoms with Crippen LogP contribution in [-0.4, -0.2) is 31.7 Å². The number of urea groups is 1. The number of rotatable bonds is 4. The van der Waals surface area contributed by atoms with Crippen LogP contribution in [0.2, 0.25) is 0 Å². The van der Waals surface area contributed by atoms with Crippen LogP contribution in [0.4, 0.5) is 18.0 Å². The predicted octanol–water partition coefficient (Wildman–Crippen LogP) is 4.90. The maximum atomic E-state index is 12.8. The summed E-state index contributed by atoms with van der Waals surface area (Å²) in [5.74, 6) is -0.372. The zero-order valence-corrected chi connectivity index (χ0v) is 19.9. The van der Waals surface area contributed by atoms with Crippen LogP contribution in [0, 0.1) is 11.3 Å². The third-order valence-electron chi connectivity index (χ3n) is 5.37. The maximum absolute atomic E-state index is 12.8. The van der Waals surface area contributed by atoms with Gasteiger partial charge < -0.3 is 0 Å². The number of alkyl halides is 3. The van der Waals surface area contributed by atoms with Gasteiger partial charge in [-0.1, -0.05) is 42.5 Å². The molecule has 3 aromatic carbocycles. The molecule has 0 fully saturated rings. The Bertz CT molecular complexity index is 1420. The number of halogens is 4. The van der Waals surface area contributed by atoms with Gasteiger partial charge in [-0.3, -0.25) is 0 Å². The van der Waals surface area contributed by atoms with E-state index in [0.717, 1.165) is 22.7 Å². The minimum absolute atomic E-state index is 0. The number of hydrogen-bond donors (Lipinski definition) is 1. The molecule has 0 saturated heterocycles. The van der Waals surface area contributed by atoms with Gasteiger partial charge in [-0.25, -0.2) is 22.9 Å². The molecule has 1 aliphatic heterocycles. The number of sulfonamides is 1. The predicted molar refractivity (Wildman–Crippen MR) is 128 cm³/mol. The van der Waals surface area contributed by atoms with E-state index in [2.05, 4.69) is 5.10 Å². The van der Waals surface area contributed by atoms with Crippen LogP contribution < -0.4 is 4.72 Å². The first kappa shape index (κ1) is 26.7. The van der Waals surface area contributed by atoms with E-state index in [1.807, 2.05) is 41.1 Å². The first-order chi connectivity index (χ1) is 16.6. The summed E-state index contributed by atoms with van der Waals surface area (Å²) in [5.41, 5.74) is 1.43. The number of nitriles is 1. The summed E-state index contributed by atoms with van der Waals surface area (Å²) < 4.78 is 65.4. The van der Waals surface area contributed by atoms with Gasteiger partial charge in [0.25, 0.3) is 10.0 Å². The third kappa shape index (κ3) is 5.67. The SMILES string of the molecule is Cl.N#Cc1ccc(C2=NN(C(=O)NS(=O)(=O)c3ccc(C(F)(F)F)cc3)C[C@@H]2c2ccccc2)cc1. The fourth-order valence-corrected chi connectivity index (χ4v) is 4.55. The highest BCUT2D eigenvalue weighted by Crippen LogP contribution is 2.31. The fourth-order valence-electron chi connectivity index (χ4n) is 3.60. The topological polar surface area (TPSA) is 103 Å². The van der Waals surface area contributed by atoms with Crippen LogP contribution in [0.25, 0.3) is 0 Å². The van der Waals surface area contributed by atoms with Crippen molar-refractivity contribution in [3.05, 3.63) is 101 Å². The van der Waals surface area contributed by atoms with Gasteiger partial charge >= 0.3 is 12.2 Å². The molecule has 186 valence electrons. The van der Waals surface area contributed by atoms with Crippen molar-refractivity contribution in [1.82, 2.24) is 9.73 Å². The Morgan fingerprint density at radius 2 is 1.61 bits per heavy atom. The Morgan fingerprint density at radius 1 is 1.00 bits per heavy atom. The zero-order valence-electron chi connectivity index (χ0n) is 18.3. The molecule has 0 aliphatic carbocycles. The lowest BCUT2D eigenvalue weighted by atomic mass is 9.90. The second-order valence-corrected chi connectivity index (χ2v) is 9.33. The summed E-state index contributed by atoms with van der Waals surface area (Å²) in [7, 11) is -4.45. The summed E-state index contributed by atoms with van der Waals surface area (Å²) in [6.45, 7) is 0.0354. The van der Waals surface area contributed by atoms with Crippen LogP contribution >= 0.6 is 12.4 Å². The van der Waals surface area contributed by atoms with Gasteiger partial charge in [0.05, 0.1) is 34.3 Å². The summed E-state index contributed by atoms with van der Waals surface area (Å²) in [4.78, 5) is 12.3. The van der Waals surface area contributed by atoms with Crippen LogP contribution in [-0.2, 0) is 16.2 Å². The lowest BCUT2D eigenvalue weighted by Crippen LogP contribution is -2.39. The van der Waals surface area contributed by atoms with Crippen molar-refractivity contribution in [1.29, 1.82) is 5.26 Å². The highest BCUT2D eigenvalue weighted by molar-refractivity contribution is 7.90. The van der Waals surface area contributed by atoms with Crippen LogP contribution in [0.5, 0.6) is 0 Å². The van der Waals surface area contributed by atoms with Crippen LogP contribution in [0.1, 0.15) is 28.2 Å². The Labute approximate surface area is 211 Å². The molecule has 0 saturated carbocycles. The van der Waals surface area contributed by atoms with Gasteiger partial charge in [-0.15, -0.1) is 12.4 Å². The van der Waals surface area contributed by atoms with E-state index in [9.17, 15) is 26.4 Å². The number of amides is 2. The molecule has 1 aliphatic rings. The largest absolute Gasteiger partial charge is 0.416 e. The number of benzene rings is 3. The number of nitrogens with zero attached hydrogens (tertiary/aromatic N) is 3. The van der Waals surface area contributed by atoms with Gasteiger partial charge in [0.2, 0.25) is 0 Å². The molecule has 1 atom stereocenters. The molecule has 36 heavy (non-hydrogen) atoms. The molecular formula is C24H18ClF3N4O3S. The minimum Gasteiger partial charge on any atom is -0.246 e.